The Hall–Kier alpha value is -1.92. The van der Waals surface area contributed by atoms with Crippen LogP contribution in [0.5, 0.6) is 0 Å². The molecule has 0 atom stereocenters. The number of benzene rings is 1. The topological polar surface area (TPSA) is 54.9 Å². The Kier molecular flexibility index (Phi) is 8.23. The Balaban J connectivity index is 0.00000145. The molecule has 0 radical (unpaired) electrons. The quantitative estimate of drug-likeness (QED) is 0.491. The average molecular weight is 430 g/mol. The number of amides is 1. The summed E-state index contributed by atoms with van der Waals surface area (Å²) in [6, 6.07) is 8.03. The number of thioether (sulfide) groups is 1. The van der Waals surface area contributed by atoms with Crippen LogP contribution < -0.4 is 5.32 Å². The number of aryl methyl sites for hydroxylation is 2. The molecule has 0 aliphatic heterocycles. The molecule has 4 nitrogen and oxygen atoms in total. The summed E-state index contributed by atoms with van der Waals surface area (Å²) in [6.45, 7) is 15.2. The van der Waals surface area contributed by atoms with Crippen molar-refractivity contribution in [2.24, 2.45) is 0 Å². The van der Waals surface area contributed by atoms with Gasteiger partial charge in [-0.15, -0.1) is 23.1 Å². The predicted molar refractivity (Wildman–Crippen MR) is 126 cm³/mol. The maximum absolute atomic E-state index is 12.5. The molecule has 1 amide bonds. The monoisotopic (exact) mass is 429 g/mol. The van der Waals surface area contributed by atoms with Crippen molar-refractivity contribution in [2.75, 3.05) is 6.54 Å². The minimum Gasteiger partial charge on any atom is -0.352 e. The number of hydrogen-bond acceptors (Lipinski definition) is 5. The molecule has 3 rings (SSSR count). The summed E-state index contributed by atoms with van der Waals surface area (Å²) >= 11 is 3.48. The minimum absolute atomic E-state index is 0.0942. The fraction of sp³-hybridized carbons (Fsp3) is 0.435. The zero-order chi connectivity index (χ0) is 21.6. The lowest BCUT2D eigenvalue weighted by Crippen LogP contribution is -2.25. The van der Waals surface area contributed by atoms with Crippen LogP contribution in [0.4, 0.5) is 0 Å². The van der Waals surface area contributed by atoms with Crippen LogP contribution in [-0.4, -0.2) is 27.2 Å². The fourth-order valence-corrected chi connectivity index (χ4v) is 4.71. The number of fused-ring (bicyclic) bond motifs is 1. The second-order valence-corrected chi connectivity index (χ2v) is 10.7. The van der Waals surface area contributed by atoms with Crippen molar-refractivity contribution in [1.82, 2.24) is 15.3 Å². The van der Waals surface area contributed by atoms with E-state index in [2.05, 4.69) is 49.0 Å². The smallest absolute Gasteiger partial charge is 0.252 e. The van der Waals surface area contributed by atoms with Crippen LogP contribution in [0.1, 0.15) is 60.6 Å². The third kappa shape index (κ3) is 6.54. The number of hydrogen-bond donors (Lipinski definition) is 1. The summed E-state index contributed by atoms with van der Waals surface area (Å²) in [5.74, 6) is -0.0942. The van der Waals surface area contributed by atoms with Gasteiger partial charge in [0.05, 0.1) is 21.8 Å². The van der Waals surface area contributed by atoms with Crippen molar-refractivity contribution in [3.63, 3.8) is 0 Å². The van der Waals surface area contributed by atoms with Crippen molar-refractivity contribution >= 4 is 39.9 Å². The Morgan fingerprint density at radius 3 is 2.55 bits per heavy atom. The first-order valence-electron chi connectivity index (χ1n) is 10.0. The van der Waals surface area contributed by atoms with Crippen LogP contribution in [0, 0.1) is 13.8 Å². The van der Waals surface area contributed by atoms with Gasteiger partial charge in [-0.3, -0.25) is 9.78 Å². The van der Waals surface area contributed by atoms with Gasteiger partial charge in [-0.2, -0.15) is 0 Å². The number of thiazole rings is 1. The normalized spacial score (nSPS) is 11.1. The summed E-state index contributed by atoms with van der Waals surface area (Å²) in [4.78, 5) is 24.0. The van der Waals surface area contributed by atoms with Gasteiger partial charge >= 0.3 is 0 Å². The Labute approximate surface area is 182 Å². The molecule has 29 heavy (non-hydrogen) atoms. The minimum atomic E-state index is -0.0942. The highest BCUT2D eigenvalue weighted by molar-refractivity contribution is 8.00. The first kappa shape index (κ1) is 23.4. The molecule has 0 bridgehead atoms. The van der Waals surface area contributed by atoms with Gasteiger partial charge in [0.2, 0.25) is 0 Å². The van der Waals surface area contributed by atoms with Crippen LogP contribution in [-0.2, 0) is 6.42 Å². The second-order valence-electron chi connectivity index (χ2n) is 7.52. The van der Waals surface area contributed by atoms with E-state index < -0.39 is 0 Å². The molecule has 0 saturated carbocycles. The second kappa shape index (κ2) is 10.2. The molecule has 0 spiro atoms. The van der Waals surface area contributed by atoms with E-state index >= 15 is 0 Å². The number of para-hydroxylation sites is 1. The van der Waals surface area contributed by atoms with Crippen LogP contribution in [0.3, 0.4) is 0 Å². The number of nitrogens with zero attached hydrogens (tertiary/aromatic N) is 2. The van der Waals surface area contributed by atoms with Gasteiger partial charge in [-0.25, -0.2) is 4.98 Å². The number of carbonyl (C=O) groups is 1. The third-order valence-electron chi connectivity index (χ3n) is 4.05. The fourth-order valence-electron chi connectivity index (χ4n) is 2.70. The van der Waals surface area contributed by atoms with Gasteiger partial charge in [0.25, 0.3) is 5.91 Å². The maximum Gasteiger partial charge on any atom is 0.252 e. The molecule has 0 unspecified atom stereocenters. The predicted octanol–water partition coefficient (Wildman–Crippen LogP) is 6.20. The van der Waals surface area contributed by atoms with Gasteiger partial charge < -0.3 is 5.32 Å². The van der Waals surface area contributed by atoms with E-state index in [1.165, 1.54) is 4.88 Å². The van der Waals surface area contributed by atoms with Crippen LogP contribution in [0.25, 0.3) is 10.9 Å². The van der Waals surface area contributed by atoms with Crippen LogP contribution in [0.2, 0.25) is 0 Å². The van der Waals surface area contributed by atoms with Crippen molar-refractivity contribution in [3.05, 3.63) is 51.6 Å². The molecule has 0 aliphatic rings. The lowest BCUT2D eigenvalue weighted by atomic mass is 10.1. The molecule has 2 aromatic heterocycles. The number of rotatable bonds is 5. The van der Waals surface area contributed by atoms with E-state index in [4.69, 9.17) is 0 Å². The van der Waals surface area contributed by atoms with Crippen molar-refractivity contribution in [3.8, 4) is 0 Å². The largest absolute Gasteiger partial charge is 0.352 e. The summed E-state index contributed by atoms with van der Waals surface area (Å²) in [5, 5.41) is 5.03. The van der Waals surface area contributed by atoms with E-state index in [0.29, 0.717) is 12.1 Å². The molecule has 0 aliphatic carbocycles. The zero-order valence-electron chi connectivity index (χ0n) is 18.4. The zero-order valence-corrected chi connectivity index (χ0v) is 20.1. The first-order valence-corrected chi connectivity index (χ1v) is 11.6. The van der Waals surface area contributed by atoms with Gasteiger partial charge in [-0.1, -0.05) is 46.8 Å². The van der Waals surface area contributed by atoms with Crippen molar-refractivity contribution in [1.29, 1.82) is 0 Å². The number of aromatic nitrogens is 2. The molecular weight excluding hydrogens is 398 g/mol. The van der Waals surface area contributed by atoms with E-state index in [1.807, 2.05) is 39.0 Å². The van der Waals surface area contributed by atoms with E-state index in [1.54, 1.807) is 29.3 Å². The van der Waals surface area contributed by atoms with Gasteiger partial charge in [-0.05, 0) is 26.0 Å². The molecule has 1 N–H and O–H groups in total. The Morgan fingerprint density at radius 2 is 1.93 bits per heavy atom. The van der Waals surface area contributed by atoms with Crippen LogP contribution in [0.15, 0.2) is 35.4 Å². The summed E-state index contributed by atoms with van der Waals surface area (Å²) < 4.78 is 0.110. The maximum atomic E-state index is 12.5. The standard InChI is InChI=1S/C21H25N3OS2.C2H6/c1-13-14(2)26-18(24-13)9-10-22-20(25)16-11-15-7-6-8-17(19(15)23-12-16)27-21(3,4)5;1-2/h6-8,11-12H,9-10H2,1-5H3,(H,22,25);1-2H3. The molecule has 1 aromatic carbocycles. The van der Waals surface area contributed by atoms with Gasteiger partial charge in [0.1, 0.15) is 0 Å². The number of carbonyl (C=O) groups excluding carboxylic acids is 1. The van der Waals surface area contributed by atoms with E-state index in [-0.39, 0.29) is 10.7 Å². The molecule has 6 heteroatoms. The van der Waals surface area contributed by atoms with Gasteiger partial charge in [0, 0.05) is 39.1 Å². The third-order valence-corrected chi connectivity index (χ3v) is 6.34. The lowest BCUT2D eigenvalue weighted by molar-refractivity contribution is 0.0954. The average Bonchev–Trinajstić information content (AvgIpc) is 2.99. The summed E-state index contributed by atoms with van der Waals surface area (Å²) in [7, 11) is 0. The Bertz CT molecular complexity index is 954. The first-order chi connectivity index (χ1) is 13.7. The molecule has 0 fully saturated rings. The van der Waals surface area contributed by atoms with E-state index in [9.17, 15) is 4.79 Å². The Morgan fingerprint density at radius 1 is 1.21 bits per heavy atom. The molecule has 0 saturated heterocycles. The molecule has 3 aromatic rings. The molecular formula is C23H31N3OS2. The summed E-state index contributed by atoms with van der Waals surface area (Å²) in [6.07, 6.45) is 2.42. The number of nitrogens with one attached hydrogen (secondary N) is 1. The highest BCUT2D eigenvalue weighted by Gasteiger charge is 2.15. The van der Waals surface area contributed by atoms with E-state index in [0.717, 1.165) is 32.9 Å². The lowest BCUT2D eigenvalue weighted by Gasteiger charge is -2.18. The summed E-state index contributed by atoms with van der Waals surface area (Å²) in [5.41, 5.74) is 2.61. The highest BCUT2D eigenvalue weighted by Crippen LogP contribution is 2.35. The van der Waals surface area contributed by atoms with Crippen molar-refractivity contribution in [2.45, 2.75) is 64.5 Å². The number of pyridine rings is 1. The SMILES string of the molecule is CC.Cc1nc(CCNC(=O)c2cnc3c(SC(C)(C)C)cccc3c2)sc1C. The van der Waals surface area contributed by atoms with Crippen molar-refractivity contribution < 1.29 is 4.79 Å². The molecule has 156 valence electrons. The van der Waals surface area contributed by atoms with Crippen LogP contribution >= 0.6 is 23.1 Å². The highest BCUT2D eigenvalue weighted by atomic mass is 32.2. The van der Waals surface area contributed by atoms with Gasteiger partial charge in [0.15, 0.2) is 0 Å². The molecule has 2 heterocycles.